The summed E-state index contributed by atoms with van der Waals surface area (Å²) in [7, 11) is 0. The number of nitrogens with zero attached hydrogens (tertiary/aromatic N) is 1. The highest BCUT2D eigenvalue weighted by molar-refractivity contribution is 7.26. The summed E-state index contributed by atoms with van der Waals surface area (Å²) in [5.41, 5.74) is 12.1. The molecule has 0 bridgehead atoms. The zero-order chi connectivity index (χ0) is 28.8. The average Bonchev–Trinajstić information content (AvgIpc) is 3.64. The van der Waals surface area contributed by atoms with E-state index in [1.54, 1.807) is 0 Å². The Hall–Kier alpha value is -5.18. The summed E-state index contributed by atoms with van der Waals surface area (Å²) in [6.45, 7) is 0. The van der Waals surface area contributed by atoms with Gasteiger partial charge in [-0.1, -0.05) is 115 Å². The van der Waals surface area contributed by atoms with E-state index in [1.807, 2.05) is 11.3 Å². The molecule has 1 aliphatic carbocycles. The number of hydrogen-bond donors (Lipinski definition) is 0. The maximum absolute atomic E-state index is 2.44. The van der Waals surface area contributed by atoms with Crippen LogP contribution in [0.25, 0.3) is 80.7 Å². The summed E-state index contributed by atoms with van der Waals surface area (Å²) in [6, 6.07) is 51.8. The van der Waals surface area contributed by atoms with Crippen LogP contribution in [0, 0.1) is 0 Å². The van der Waals surface area contributed by atoms with Gasteiger partial charge in [-0.05, 0) is 75.9 Å². The fourth-order valence-electron chi connectivity index (χ4n) is 7.72. The Morgan fingerprint density at radius 1 is 0.500 bits per heavy atom. The Bertz CT molecular complexity index is 2600. The molecule has 0 spiro atoms. The third-order valence-corrected chi connectivity index (χ3v) is 10.9. The van der Waals surface area contributed by atoms with Crippen molar-refractivity contribution >= 4 is 64.1 Å². The first-order valence-corrected chi connectivity index (χ1v) is 16.2. The molecule has 2 aromatic heterocycles. The minimum absolute atomic E-state index is 1.11. The number of benzene rings is 7. The highest BCUT2D eigenvalue weighted by Crippen LogP contribution is 2.47. The first-order valence-electron chi connectivity index (χ1n) is 15.4. The Morgan fingerprint density at radius 3 is 2.18 bits per heavy atom. The number of rotatable bonds is 2. The predicted octanol–water partition coefficient (Wildman–Crippen LogP) is 11.7. The first kappa shape index (κ1) is 24.3. The molecule has 0 unspecified atom stereocenters. The third kappa shape index (κ3) is 3.35. The minimum Gasteiger partial charge on any atom is -0.309 e. The van der Waals surface area contributed by atoms with Crippen LogP contribution in [-0.2, 0) is 12.8 Å². The predicted molar refractivity (Wildman–Crippen MR) is 189 cm³/mol. The summed E-state index contributed by atoms with van der Waals surface area (Å²) < 4.78 is 5.19. The number of aromatic nitrogens is 1. The van der Waals surface area contributed by atoms with Gasteiger partial charge in [-0.15, -0.1) is 11.3 Å². The van der Waals surface area contributed by atoms with E-state index < -0.39 is 0 Å². The summed E-state index contributed by atoms with van der Waals surface area (Å²) >= 11 is 1.93. The average molecular weight is 578 g/mol. The Labute approximate surface area is 259 Å². The van der Waals surface area contributed by atoms with Crippen molar-refractivity contribution in [1.82, 2.24) is 4.57 Å². The van der Waals surface area contributed by atoms with E-state index in [0.717, 1.165) is 12.8 Å². The Kier molecular flexibility index (Phi) is 5.05. The lowest BCUT2D eigenvalue weighted by molar-refractivity contribution is 0.945. The Balaban J connectivity index is 1.17. The van der Waals surface area contributed by atoms with Gasteiger partial charge in [0.15, 0.2) is 0 Å². The topological polar surface area (TPSA) is 4.93 Å². The van der Waals surface area contributed by atoms with Crippen molar-refractivity contribution in [2.75, 3.05) is 0 Å². The lowest BCUT2D eigenvalue weighted by Crippen LogP contribution is -2.03. The van der Waals surface area contributed by atoms with E-state index in [2.05, 4.69) is 144 Å². The second-order valence-electron chi connectivity index (χ2n) is 12.0. The SMILES string of the molecule is c1ccc2c(c1)CCc1ccc3sc4c(-c5ccc(-n6c7ccccc7c7ccc8ccccc8c76)cc5)cccc4c3c1-2. The maximum Gasteiger partial charge on any atom is 0.0619 e. The number of para-hydroxylation sites is 1. The molecule has 44 heavy (non-hydrogen) atoms. The van der Waals surface area contributed by atoms with E-state index >= 15 is 0 Å². The zero-order valence-electron chi connectivity index (χ0n) is 24.0. The second-order valence-corrected chi connectivity index (χ2v) is 13.0. The van der Waals surface area contributed by atoms with Crippen molar-refractivity contribution in [3.63, 3.8) is 0 Å². The molecule has 7 aromatic carbocycles. The number of hydrogen-bond acceptors (Lipinski definition) is 1. The lowest BCUT2D eigenvalue weighted by atomic mass is 9.83. The standard InChI is InChI=1S/C42H27NS/c1-3-10-31-26(8-1)16-17-29-21-25-38-40(39(29)31)36-14-7-13-33(42(36)44-38)28-18-22-30(23-19-28)43-37-15-6-5-12-34(37)35-24-20-27-9-2-4-11-32(27)41(35)43/h1-15,18-25H,16-17H2. The van der Waals surface area contributed by atoms with Crippen molar-refractivity contribution in [2.24, 2.45) is 0 Å². The van der Waals surface area contributed by atoms with E-state index in [1.165, 1.54) is 91.8 Å². The van der Waals surface area contributed by atoms with E-state index in [-0.39, 0.29) is 0 Å². The largest absolute Gasteiger partial charge is 0.309 e. The fourth-order valence-corrected chi connectivity index (χ4v) is 8.96. The van der Waals surface area contributed by atoms with Crippen LogP contribution in [-0.4, -0.2) is 4.57 Å². The third-order valence-electron chi connectivity index (χ3n) is 9.70. The van der Waals surface area contributed by atoms with Crippen LogP contribution < -0.4 is 0 Å². The lowest BCUT2D eigenvalue weighted by Gasteiger charge is -2.21. The van der Waals surface area contributed by atoms with E-state index in [0.29, 0.717) is 0 Å². The molecule has 9 aromatic rings. The van der Waals surface area contributed by atoms with Crippen LogP contribution in [0.15, 0.2) is 140 Å². The van der Waals surface area contributed by atoms with Crippen LogP contribution in [0.3, 0.4) is 0 Å². The van der Waals surface area contributed by atoms with Gasteiger partial charge < -0.3 is 4.57 Å². The normalized spacial score (nSPS) is 12.8. The molecule has 0 N–H and O–H groups in total. The zero-order valence-corrected chi connectivity index (χ0v) is 24.9. The van der Waals surface area contributed by atoms with Gasteiger partial charge in [0.05, 0.1) is 11.0 Å². The van der Waals surface area contributed by atoms with Gasteiger partial charge in [0.25, 0.3) is 0 Å². The first-order chi connectivity index (χ1) is 21.8. The van der Waals surface area contributed by atoms with Crippen molar-refractivity contribution < 1.29 is 0 Å². The molecule has 206 valence electrons. The summed E-state index contributed by atoms with van der Waals surface area (Å²) in [6.07, 6.45) is 2.23. The van der Waals surface area contributed by atoms with E-state index in [9.17, 15) is 0 Å². The molecule has 10 rings (SSSR count). The smallest absolute Gasteiger partial charge is 0.0619 e. The van der Waals surface area contributed by atoms with Gasteiger partial charge in [-0.25, -0.2) is 0 Å². The monoisotopic (exact) mass is 577 g/mol. The van der Waals surface area contributed by atoms with Crippen LogP contribution in [0.4, 0.5) is 0 Å². The molecule has 0 aliphatic heterocycles. The molecule has 2 heterocycles. The van der Waals surface area contributed by atoms with Crippen molar-refractivity contribution in [2.45, 2.75) is 12.8 Å². The molecule has 0 saturated heterocycles. The molecular formula is C42H27NS. The molecule has 2 heteroatoms. The molecule has 1 aliphatic rings. The van der Waals surface area contributed by atoms with Crippen molar-refractivity contribution in [3.8, 4) is 27.9 Å². The summed E-state index contributed by atoms with van der Waals surface area (Å²) in [4.78, 5) is 0. The molecule has 0 saturated carbocycles. The van der Waals surface area contributed by atoms with E-state index in [4.69, 9.17) is 0 Å². The van der Waals surface area contributed by atoms with Crippen LogP contribution >= 0.6 is 11.3 Å². The molecule has 0 atom stereocenters. The summed E-state index contributed by atoms with van der Waals surface area (Å²) in [5, 5.41) is 7.92. The van der Waals surface area contributed by atoms with Gasteiger partial charge in [0.2, 0.25) is 0 Å². The maximum atomic E-state index is 2.44. The molecule has 1 nitrogen and oxygen atoms in total. The van der Waals surface area contributed by atoms with Crippen molar-refractivity contribution in [3.05, 3.63) is 151 Å². The molecule has 0 amide bonds. The van der Waals surface area contributed by atoms with Crippen LogP contribution in [0.2, 0.25) is 0 Å². The fraction of sp³-hybridized carbons (Fsp3) is 0.0476. The van der Waals surface area contributed by atoms with Gasteiger partial charge in [0, 0.05) is 42.0 Å². The van der Waals surface area contributed by atoms with Crippen LogP contribution in [0.5, 0.6) is 0 Å². The van der Waals surface area contributed by atoms with Crippen molar-refractivity contribution in [1.29, 1.82) is 0 Å². The second kappa shape index (κ2) is 9.16. The molecule has 0 fully saturated rings. The Morgan fingerprint density at radius 2 is 1.25 bits per heavy atom. The van der Waals surface area contributed by atoms with Crippen LogP contribution in [0.1, 0.15) is 11.1 Å². The van der Waals surface area contributed by atoms with Gasteiger partial charge in [0.1, 0.15) is 0 Å². The van der Waals surface area contributed by atoms with Gasteiger partial charge in [-0.2, -0.15) is 0 Å². The molecule has 0 radical (unpaired) electrons. The summed E-state index contributed by atoms with van der Waals surface area (Å²) in [5.74, 6) is 0. The highest BCUT2D eigenvalue weighted by Gasteiger charge is 2.22. The number of aryl methyl sites for hydroxylation is 2. The minimum atomic E-state index is 1.11. The quantitative estimate of drug-likeness (QED) is 0.193. The van der Waals surface area contributed by atoms with Gasteiger partial charge in [-0.3, -0.25) is 0 Å². The number of thiophene rings is 1. The molecular weight excluding hydrogens is 551 g/mol. The van der Waals surface area contributed by atoms with Gasteiger partial charge >= 0.3 is 0 Å². The number of fused-ring (bicyclic) bond motifs is 12. The highest BCUT2D eigenvalue weighted by atomic mass is 32.1.